The number of nitrogens with one attached hydrogen (secondary N) is 3. The van der Waals surface area contributed by atoms with Gasteiger partial charge in [0, 0.05) is 29.9 Å². The Morgan fingerprint density at radius 1 is 1.36 bits per heavy atom. The summed E-state index contributed by atoms with van der Waals surface area (Å²) < 4.78 is 11.3. The summed E-state index contributed by atoms with van der Waals surface area (Å²) in [6.45, 7) is 1.43. The molecule has 1 aromatic carbocycles. The monoisotopic (exact) mass is 379 g/mol. The van der Waals surface area contributed by atoms with Gasteiger partial charge in [-0.1, -0.05) is 18.2 Å². The van der Waals surface area contributed by atoms with Crippen LogP contribution in [0.3, 0.4) is 0 Å². The second-order valence-corrected chi connectivity index (χ2v) is 7.04. The zero-order chi connectivity index (χ0) is 17.6. The molecule has 1 fully saturated rings. The molecular formula is C17H21N3O3S2. The number of hydrazine groups is 1. The zero-order valence-corrected chi connectivity index (χ0v) is 15.6. The number of ether oxygens (including phenoxy) is 1. The maximum absolute atomic E-state index is 12.5. The molecule has 1 atom stereocenters. The van der Waals surface area contributed by atoms with Crippen molar-refractivity contribution in [3.05, 3.63) is 35.6 Å². The van der Waals surface area contributed by atoms with Crippen molar-refractivity contribution in [3.8, 4) is 0 Å². The van der Waals surface area contributed by atoms with E-state index in [9.17, 15) is 4.79 Å². The third-order valence-corrected chi connectivity index (χ3v) is 4.82. The topological polar surface area (TPSA) is 75.5 Å². The summed E-state index contributed by atoms with van der Waals surface area (Å²) in [4.78, 5) is 12.5. The summed E-state index contributed by atoms with van der Waals surface area (Å²) in [5, 5.41) is 4.36. The highest BCUT2D eigenvalue weighted by Gasteiger charge is 2.20. The van der Waals surface area contributed by atoms with E-state index in [2.05, 4.69) is 16.2 Å². The largest absolute Gasteiger partial charge is 0.451 e. The maximum Gasteiger partial charge on any atom is 0.305 e. The van der Waals surface area contributed by atoms with Crippen molar-refractivity contribution in [3.63, 3.8) is 0 Å². The third kappa shape index (κ3) is 4.45. The van der Waals surface area contributed by atoms with E-state index in [1.54, 1.807) is 11.8 Å². The smallest absolute Gasteiger partial charge is 0.305 e. The number of rotatable bonds is 5. The fourth-order valence-corrected chi connectivity index (χ4v) is 3.51. The van der Waals surface area contributed by atoms with Crippen LogP contribution in [0.25, 0.3) is 11.0 Å². The Morgan fingerprint density at radius 3 is 2.96 bits per heavy atom. The van der Waals surface area contributed by atoms with Gasteiger partial charge in [0.05, 0.1) is 6.10 Å². The third-order valence-electron chi connectivity index (χ3n) is 4.00. The first kappa shape index (κ1) is 18.0. The molecule has 3 N–H and O–H groups in total. The van der Waals surface area contributed by atoms with Crippen LogP contribution in [0.15, 0.2) is 28.7 Å². The highest BCUT2D eigenvalue weighted by Crippen LogP contribution is 2.28. The van der Waals surface area contributed by atoms with Gasteiger partial charge in [0.2, 0.25) is 0 Å². The number of amides is 1. The van der Waals surface area contributed by atoms with Gasteiger partial charge in [-0.2, -0.15) is 11.8 Å². The number of fused-ring (bicyclic) bond motifs is 1. The molecule has 1 aromatic heterocycles. The summed E-state index contributed by atoms with van der Waals surface area (Å²) in [6.07, 6.45) is 4.28. The van der Waals surface area contributed by atoms with Crippen molar-refractivity contribution < 1.29 is 13.9 Å². The van der Waals surface area contributed by atoms with Crippen LogP contribution < -0.4 is 16.2 Å². The molecule has 3 rings (SSSR count). The first-order chi connectivity index (χ1) is 12.2. The molecule has 1 aliphatic heterocycles. The second-order valence-electron chi connectivity index (χ2n) is 5.76. The first-order valence-electron chi connectivity index (χ1n) is 8.14. The highest BCUT2D eigenvalue weighted by atomic mass is 32.2. The summed E-state index contributed by atoms with van der Waals surface area (Å²) in [6, 6.07) is 7.64. The SMILES string of the molecule is CSCc1c(C(=O)NNC(=S)NCC2CCCO2)oc2ccccc12. The van der Waals surface area contributed by atoms with Crippen molar-refractivity contribution in [2.75, 3.05) is 19.4 Å². The minimum atomic E-state index is -0.346. The lowest BCUT2D eigenvalue weighted by Gasteiger charge is -2.14. The Kier molecular flexibility index (Phi) is 6.17. The van der Waals surface area contributed by atoms with Gasteiger partial charge < -0.3 is 14.5 Å². The van der Waals surface area contributed by atoms with Crippen LogP contribution in [-0.4, -0.2) is 36.5 Å². The van der Waals surface area contributed by atoms with E-state index in [-0.39, 0.29) is 12.0 Å². The van der Waals surface area contributed by atoms with E-state index < -0.39 is 0 Å². The predicted molar refractivity (Wildman–Crippen MR) is 104 cm³/mol. The van der Waals surface area contributed by atoms with Crippen molar-refractivity contribution in [1.29, 1.82) is 0 Å². The zero-order valence-electron chi connectivity index (χ0n) is 14.0. The molecule has 1 aliphatic rings. The molecule has 6 nitrogen and oxygen atoms in total. The molecule has 1 unspecified atom stereocenters. The van der Waals surface area contributed by atoms with Crippen molar-refractivity contribution in [2.24, 2.45) is 0 Å². The molecule has 0 saturated carbocycles. The van der Waals surface area contributed by atoms with Gasteiger partial charge >= 0.3 is 5.91 Å². The minimum Gasteiger partial charge on any atom is -0.451 e. The van der Waals surface area contributed by atoms with Crippen molar-refractivity contribution in [1.82, 2.24) is 16.2 Å². The van der Waals surface area contributed by atoms with Gasteiger partial charge in [-0.3, -0.25) is 15.6 Å². The predicted octanol–water partition coefficient (Wildman–Crippen LogP) is 2.58. The Bertz CT molecular complexity index is 757. The molecule has 134 valence electrons. The van der Waals surface area contributed by atoms with Crippen LogP contribution in [0, 0.1) is 0 Å². The molecule has 1 amide bonds. The summed E-state index contributed by atoms with van der Waals surface area (Å²) in [5.41, 5.74) is 6.91. The minimum absolute atomic E-state index is 0.180. The maximum atomic E-state index is 12.5. The number of carbonyl (C=O) groups is 1. The fourth-order valence-electron chi connectivity index (χ4n) is 2.80. The normalized spacial score (nSPS) is 16.8. The standard InChI is InChI=1S/C17H21N3O3S2/c1-25-10-13-12-6-2-3-7-14(12)23-15(13)16(21)19-20-17(24)18-9-11-5-4-8-22-11/h2-3,6-7,11H,4-5,8-10H2,1H3,(H,19,21)(H2,18,20,24). The number of furan rings is 1. The van der Waals surface area contributed by atoms with E-state index in [1.807, 2.05) is 30.5 Å². The lowest BCUT2D eigenvalue weighted by atomic mass is 10.1. The van der Waals surface area contributed by atoms with Gasteiger partial charge in [-0.05, 0) is 37.4 Å². The van der Waals surface area contributed by atoms with Crippen LogP contribution in [-0.2, 0) is 10.5 Å². The second kappa shape index (κ2) is 8.55. The molecular weight excluding hydrogens is 358 g/mol. The van der Waals surface area contributed by atoms with Crippen molar-refractivity contribution in [2.45, 2.75) is 24.7 Å². The molecule has 2 heterocycles. The summed E-state index contributed by atoms with van der Waals surface area (Å²) in [5.74, 6) is 0.660. The van der Waals surface area contributed by atoms with Crippen molar-refractivity contribution >= 4 is 46.0 Å². The fraction of sp³-hybridized carbons (Fsp3) is 0.412. The first-order valence-corrected chi connectivity index (χ1v) is 9.94. The number of carbonyl (C=O) groups excluding carboxylic acids is 1. The average molecular weight is 380 g/mol. The molecule has 1 saturated heterocycles. The van der Waals surface area contributed by atoms with E-state index in [0.717, 1.165) is 30.4 Å². The lowest BCUT2D eigenvalue weighted by molar-refractivity contribution is 0.0916. The van der Waals surface area contributed by atoms with E-state index in [1.165, 1.54) is 0 Å². The van der Waals surface area contributed by atoms with Gasteiger partial charge in [0.1, 0.15) is 5.58 Å². The average Bonchev–Trinajstić information content (AvgIpc) is 3.26. The van der Waals surface area contributed by atoms with E-state index in [4.69, 9.17) is 21.4 Å². The molecule has 2 aromatic rings. The Morgan fingerprint density at radius 2 is 2.20 bits per heavy atom. The van der Waals surface area contributed by atoms with Crippen LogP contribution in [0.5, 0.6) is 0 Å². The molecule has 0 spiro atoms. The Hall–Kier alpha value is -1.77. The Balaban J connectivity index is 1.59. The molecule has 0 radical (unpaired) electrons. The van der Waals surface area contributed by atoms with Crippen LogP contribution in [0.1, 0.15) is 29.0 Å². The van der Waals surface area contributed by atoms with Gasteiger partial charge in [-0.25, -0.2) is 0 Å². The number of thioether (sulfide) groups is 1. The van der Waals surface area contributed by atoms with E-state index >= 15 is 0 Å². The van der Waals surface area contributed by atoms with Crippen LogP contribution in [0.4, 0.5) is 0 Å². The van der Waals surface area contributed by atoms with Crippen LogP contribution >= 0.6 is 24.0 Å². The van der Waals surface area contributed by atoms with Gasteiger partial charge in [0.25, 0.3) is 0 Å². The molecule has 25 heavy (non-hydrogen) atoms. The Labute approximate surface area is 156 Å². The lowest BCUT2D eigenvalue weighted by Crippen LogP contribution is -2.48. The molecule has 0 aliphatic carbocycles. The van der Waals surface area contributed by atoms with E-state index in [0.29, 0.717) is 28.8 Å². The highest BCUT2D eigenvalue weighted by molar-refractivity contribution is 7.97. The summed E-state index contributed by atoms with van der Waals surface area (Å²) in [7, 11) is 0. The van der Waals surface area contributed by atoms with Gasteiger partial charge in [-0.15, -0.1) is 0 Å². The van der Waals surface area contributed by atoms with Gasteiger partial charge in [0.15, 0.2) is 10.9 Å². The quantitative estimate of drug-likeness (QED) is 0.544. The number of benzene rings is 1. The number of hydrogen-bond acceptors (Lipinski definition) is 5. The summed E-state index contributed by atoms with van der Waals surface area (Å²) >= 11 is 6.82. The number of thiocarbonyl (C=S) groups is 1. The number of para-hydroxylation sites is 1. The number of hydrogen-bond donors (Lipinski definition) is 3. The molecule has 8 heteroatoms. The van der Waals surface area contributed by atoms with Crippen LogP contribution in [0.2, 0.25) is 0 Å². The molecule has 0 bridgehead atoms.